The standard InChI is InChI=1S/C10H12Cl2FN/c1-2-6(14)5-7-9(13)4-3-8(11)10(7)12/h3-4,6H,2,5,14H2,1H3. The van der Waals surface area contributed by atoms with Crippen molar-refractivity contribution in [2.24, 2.45) is 5.73 Å². The van der Waals surface area contributed by atoms with E-state index in [1.165, 1.54) is 12.1 Å². The molecule has 1 atom stereocenters. The van der Waals surface area contributed by atoms with Crippen LogP contribution in [-0.2, 0) is 6.42 Å². The second-order valence-corrected chi connectivity index (χ2v) is 3.98. The number of hydrogen-bond donors (Lipinski definition) is 1. The summed E-state index contributed by atoms with van der Waals surface area (Å²) in [5.41, 5.74) is 6.14. The molecule has 0 amide bonds. The maximum absolute atomic E-state index is 13.3. The Labute approximate surface area is 93.0 Å². The van der Waals surface area contributed by atoms with Gasteiger partial charge in [-0.05, 0) is 25.0 Å². The summed E-state index contributed by atoms with van der Waals surface area (Å²) in [6.07, 6.45) is 1.20. The molecule has 1 rings (SSSR count). The summed E-state index contributed by atoms with van der Waals surface area (Å²) in [5, 5.41) is 0.641. The Bertz CT molecular complexity index is 328. The molecule has 0 bridgehead atoms. The van der Waals surface area contributed by atoms with E-state index in [9.17, 15) is 4.39 Å². The van der Waals surface area contributed by atoms with Gasteiger partial charge in [0.25, 0.3) is 0 Å². The van der Waals surface area contributed by atoms with Crippen molar-refractivity contribution < 1.29 is 4.39 Å². The summed E-state index contributed by atoms with van der Waals surface area (Å²) in [4.78, 5) is 0. The van der Waals surface area contributed by atoms with Gasteiger partial charge in [0.2, 0.25) is 0 Å². The first kappa shape index (κ1) is 11.8. The Kier molecular flexibility index (Phi) is 4.17. The molecule has 0 aliphatic carbocycles. The second-order valence-electron chi connectivity index (χ2n) is 3.19. The highest BCUT2D eigenvalue weighted by molar-refractivity contribution is 6.42. The van der Waals surface area contributed by atoms with Crippen LogP contribution in [0.1, 0.15) is 18.9 Å². The molecule has 0 fully saturated rings. The van der Waals surface area contributed by atoms with E-state index in [1.54, 1.807) is 0 Å². The lowest BCUT2D eigenvalue weighted by atomic mass is 10.0. The zero-order valence-corrected chi connectivity index (χ0v) is 9.37. The van der Waals surface area contributed by atoms with E-state index in [1.807, 2.05) is 6.92 Å². The van der Waals surface area contributed by atoms with Crippen molar-refractivity contribution in [1.82, 2.24) is 0 Å². The van der Waals surface area contributed by atoms with Gasteiger partial charge in [-0.25, -0.2) is 4.39 Å². The first-order valence-corrected chi connectivity index (χ1v) is 5.19. The molecule has 0 aliphatic rings. The van der Waals surface area contributed by atoms with Crippen LogP contribution in [0.15, 0.2) is 12.1 Å². The van der Waals surface area contributed by atoms with Crippen molar-refractivity contribution in [3.05, 3.63) is 33.6 Å². The van der Waals surface area contributed by atoms with Crippen molar-refractivity contribution in [2.75, 3.05) is 0 Å². The summed E-state index contributed by atoms with van der Waals surface area (Å²) >= 11 is 11.6. The molecule has 14 heavy (non-hydrogen) atoms. The summed E-state index contributed by atoms with van der Waals surface area (Å²) in [7, 11) is 0. The van der Waals surface area contributed by atoms with Gasteiger partial charge in [0.1, 0.15) is 5.82 Å². The minimum absolute atomic E-state index is 0.0829. The van der Waals surface area contributed by atoms with Crippen LogP contribution in [-0.4, -0.2) is 6.04 Å². The van der Waals surface area contributed by atoms with Gasteiger partial charge in [-0.15, -0.1) is 0 Å². The van der Waals surface area contributed by atoms with Gasteiger partial charge in [-0.1, -0.05) is 30.1 Å². The van der Waals surface area contributed by atoms with E-state index < -0.39 is 0 Å². The zero-order valence-electron chi connectivity index (χ0n) is 7.86. The third-order valence-corrected chi connectivity index (χ3v) is 2.97. The van der Waals surface area contributed by atoms with E-state index in [4.69, 9.17) is 28.9 Å². The van der Waals surface area contributed by atoms with Crippen LogP contribution in [0.4, 0.5) is 4.39 Å². The van der Waals surface area contributed by atoms with Crippen LogP contribution in [0.25, 0.3) is 0 Å². The van der Waals surface area contributed by atoms with Gasteiger partial charge in [0, 0.05) is 11.6 Å². The summed E-state index contributed by atoms with van der Waals surface area (Å²) in [5.74, 6) is -0.344. The summed E-state index contributed by atoms with van der Waals surface area (Å²) in [6.45, 7) is 1.95. The van der Waals surface area contributed by atoms with Crippen LogP contribution in [0.5, 0.6) is 0 Å². The molecular weight excluding hydrogens is 224 g/mol. The first-order valence-electron chi connectivity index (χ1n) is 4.44. The molecule has 0 radical (unpaired) electrons. The zero-order chi connectivity index (χ0) is 10.7. The fourth-order valence-electron chi connectivity index (χ4n) is 1.16. The molecule has 0 heterocycles. The Morgan fingerprint density at radius 1 is 1.43 bits per heavy atom. The van der Waals surface area contributed by atoms with Crippen LogP contribution >= 0.6 is 23.2 Å². The number of nitrogens with two attached hydrogens (primary N) is 1. The minimum atomic E-state index is -0.344. The average Bonchev–Trinajstić information content (AvgIpc) is 2.18. The van der Waals surface area contributed by atoms with Crippen LogP contribution in [0, 0.1) is 5.82 Å². The average molecular weight is 236 g/mol. The lowest BCUT2D eigenvalue weighted by Crippen LogP contribution is -2.22. The molecule has 0 spiro atoms. The number of halogens is 3. The Morgan fingerprint density at radius 3 is 2.64 bits per heavy atom. The lowest BCUT2D eigenvalue weighted by Gasteiger charge is -2.11. The number of hydrogen-bond acceptors (Lipinski definition) is 1. The van der Waals surface area contributed by atoms with E-state index in [2.05, 4.69) is 0 Å². The molecule has 0 aromatic heterocycles. The minimum Gasteiger partial charge on any atom is -0.327 e. The molecule has 1 aromatic carbocycles. The third-order valence-electron chi connectivity index (χ3n) is 2.13. The van der Waals surface area contributed by atoms with Crippen molar-refractivity contribution >= 4 is 23.2 Å². The molecule has 0 aliphatic heterocycles. The summed E-state index contributed by atoms with van der Waals surface area (Å²) in [6, 6.07) is 2.67. The fraction of sp³-hybridized carbons (Fsp3) is 0.400. The van der Waals surface area contributed by atoms with Crippen molar-refractivity contribution in [1.29, 1.82) is 0 Å². The highest BCUT2D eigenvalue weighted by Crippen LogP contribution is 2.28. The predicted molar refractivity (Wildman–Crippen MR) is 58.4 cm³/mol. The van der Waals surface area contributed by atoms with Crippen LogP contribution in [0.2, 0.25) is 10.0 Å². The van der Waals surface area contributed by atoms with Gasteiger partial charge in [0.05, 0.1) is 10.0 Å². The summed E-state index contributed by atoms with van der Waals surface area (Å²) < 4.78 is 13.3. The topological polar surface area (TPSA) is 26.0 Å². The van der Waals surface area contributed by atoms with E-state index in [-0.39, 0.29) is 16.9 Å². The highest BCUT2D eigenvalue weighted by Gasteiger charge is 2.13. The first-order chi connectivity index (χ1) is 6.56. The monoisotopic (exact) mass is 235 g/mol. The molecule has 0 saturated heterocycles. The molecular formula is C10H12Cl2FN. The number of rotatable bonds is 3. The van der Waals surface area contributed by atoms with E-state index >= 15 is 0 Å². The second kappa shape index (κ2) is 4.96. The SMILES string of the molecule is CCC(N)Cc1c(F)ccc(Cl)c1Cl. The third kappa shape index (κ3) is 2.59. The molecule has 2 N–H and O–H groups in total. The van der Waals surface area contributed by atoms with Gasteiger partial charge >= 0.3 is 0 Å². The molecule has 1 unspecified atom stereocenters. The van der Waals surface area contributed by atoms with Gasteiger partial charge in [0.15, 0.2) is 0 Å². The van der Waals surface area contributed by atoms with Gasteiger partial charge < -0.3 is 5.73 Å². The molecule has 0 saturated carbocycles. The maximum Gasteiger partial charge on any atom is 0.128 e. The van der Waals surface area contributed by atoms with Crippen LogP contribution < -0.4 is 5.73 Å². The predicted octanol–water partition coefficient (Wildman–Crippen LogP) is 3.41. The molecule has 4 heteroatoms. The Morgan fingerprint density at radius 2 is 2.07 bits per heavy atom. The van der Waals surface area contributed by atoms with Crippen molar-refractivity contribution in [2.45, 2.75) is 25.8 Å². The quantitative estimate of drug-likeness (QED) is 0.799. The Hall–Kier alpha value is -0.310. The smallest absolute Gasteiger partial charge is 0.128 e. The normalized spacial score (nSPS) is 12.9. The highest BCUT2D eigenvalue weighted by atomic mass is 35.5. The van der Waals surface area contributed by atoms with E-state index in [0.717, 1.165) is 6.42 Å². The number of benzene rings is 1. The van der Waals surface area contributed by atoms with Crippen molar-refractivity contribution in [3.8, 4) is 0 Å². The fourth-order valence-corrected chi connectivity index (χ4v) is 1.57. The van der Waals surface area contributed by atoms with Gasteiger partial charge in [-0.2, -0.15) is 0 Å². The van der Waals surface area contributed by atoms with Crippen molar-refractivity contribution in [3.63, 3.8) is 0 Å². The van der Waals surface area contributed by atoms with Gasteiger partial charge in [-0.3, -0.25) is 0 Å². The Balaban J connectivity index is 3.00. The lowest BCUT2D eigenvalue weighted by molar-refractivity contribution is 0.579. The molecule has 1 nitrogen and oxygen atoms in total. The van der Waals surface area contributed by atoms with Crippen LogP contribution in [0.3, 0.4) is 0 Å². The maximum atomic E-state index is 13.3. The molecule has 1 aromatic rings. The molecule has 78 valence electrons. The largest absolute Gasteiger partial charge is 0.327 e. The van der Waals surface area contributed by atoms with E-state index in [0.29, 0.717) is 17.0 Å².